The minimum absolute atomic E-state index is 0.832. The van der Waals surface area contributed by atoms with Crippen molar-refractivity contribution in [1.29, 1.82) is 0 Å². The van der Waals surface area contributed by atoms with Crippen molar-refractivity contribution in [2.75, 3.05) is 0 Å². The summed E-state index contributed by atoms with van der Waals surface area (Å²) in [6.07, 6.45) is 6.18. The number of hydrogen-bond donors (Lipinski definition) is 0. The molecule has 4 rings (SSSR count). The third-order valence-corrected chi connectivity index (χ3v) is 4.09. The minimum atomic E-state index is -10.7. The SMILES string of the molecule is F[P-](F)(F)(F)(F)F.c1ccc(C[n+]2ccn(-c3ccccc3N=Nc3ccccc3)c2)cc1. The van der Waals surface area contributed by atoms with E-state index in [2.05, 4.69) is 56.2 Å². The van der Waals surface area contributed by atoms with Gasteiger partial charge in [-0.05, 0) is 29.8 Å². The molecule has 0 atom stereocenters. The van der Waals surface area contributed by atoms with E-state index < -0.39 is 7.81 Å². The van der Waals surface area contributed by atoms with Crippen molar-refractivity contribution in [2.24, 2.45) is 10.2 Å². The van der Waals surface area contributed by atoms with E-state index in [0.717, 1.165) is 23.6 Å². The van der Waals surface area contributed by atoms with Gasteiger partial charge in [0.25, 0.3) is 0 Å². The molecule has 0 fully saturated rings. The first-order valence-electron chi connectivity index (χ1n) is 9.57. The van der Waals surface area contributed by atoms with E-state index in [9.17, 15) is 25.2 Å². The first-order valence-corrected chi connectivity index (χ1v) is 11.6. The Morgan fingerprint density at radius 3 is 1.88 bits per heavy atom. The number of aromatic nitrogens is 2. The minimum Gasteiger partial charge on any atom is -0.232 e. The molecule has 0 aliphatic rings. The summed E-state index contributed by atoms with van der Waals surface area (Å²) in [4.78, 5) is 0. The summed E-state index contributed by atoms with van der Waals surface area (Å²) in [5.74, 6) is 0. The number of halogens is 6. The molecule has 0 aliphatic heterocycles. The maximum atomic E-state index is 9.87. The second kappa shape index (κ2) is 8.78. The van der Waals surface area contributed by atoms with E-state index in [1.54, 1.807) is 0 Å². The molecule has 4 nitrogen and oxygen atoms in total. The van der Waals surface area contributed by atoms with Gasteiger partial charge in [-0.3, -0.25) is 0 Å². The van der Waals surface area contributed by atoms with Crippen LogP contribution in [0.4, 0.5) is 36.6 Å². The topological polar surface area (TPSA) is 33.5 Å². The van der Waals surface area contributed by atoms with E-state index in [4.69, 9.17) is 0 Å². The molecule has 174 valence electrons. The third-order valence-electron chi connectivity index (χ3n) is 4.09. The van der Waals surface area contributed by atoms with Crippen LogP contribution in [0.1, 0.15) is 5.56 Å². The van der Waals surface area contributed by atoms with Crippen molar-refractivity contribution in [2.45, 2.75) is 6.54 Å². The summed E-state index contributed by atoms with van der Waals surface area (Å²) in [5, 5.41) is 8.78. The molecule has 0 bridgehead atoms. The zero-order valence-electron chi connectivity index (χ0n) is 17.0. The average molecular weight is 484 g/mol. The Bertz CT molecular complexity index is 1210. The van der Waals surface area contributed by atoms with Crippen LogP contribution in [0.2, 0.25) is 0 Å². The van der Waals surface area contributed by atoms with E-state index in [1.165, 1.54) is 5.56 Å². The molecule has 0 N–H and O–H groups in total. The van der Waals surface area contributed by atoms with E-state index in [0.29, 0.717) is 0 Å². The Morgan fingerprint density at radius 2 is 1.24 bits per heavy atom. The average Bonchev–Trinajstić information content (AvgIpc) is 3.20. The van der Waals surface area contributed by atoms with Crippen molar-refractivity contribution in [3.05, 3.63) is 109 Å². The first kappa shape index (κ1) is 24.1. The van der Waals surface area contributed by atoms with Crippen LogP contribution in [-0.2, 0) is 6.54 Å². The normalized spacial score (nSPS) is 13.6. The van der Waals surface area contributed by atoms with Gasteiger partial charge in [0.1, 0.15) is 24.6 Å². The van der Waals surface area contributed by atoms with Crippen molar-refractivity contribution >= 4 is 19.2 Å². The number of imidazole rings is 1. The van der Waals surface area contributed by atoms with Crippen LogP contribution < -0.4 is 4.57 Å². The summed E-state index contributed by atoms with van der Waals surface area (Å²) in [6.45, 7) is 0.835. The Balaban J connectivity index is 0.000000383. The Kier molecular flexibility index (Phi) is 6.42. The van der Waals surface area contributed by atoms with Gasteiger partial charge in [-0.25, -0.2) is 9.13 Å². The van der Waals surface area contributed by atoms with Gasteiger partial charge in [0.15, 0.2) is 5.69 Å². The molecule has 33 heavy (non-hydrogen) atoms. The monoisotopic (exact) mass is 484 g/mol. The first-order chi connectivity index (χ1) is 15.3. The Morgan fingerprint density at radius 1 is 0.697 bits per heavy atom. The second-order valence-electron chi connectivity index (χ2n) is 6.96. The predicted molar refractivity (Wildman–Crippen MR) is 116 cm³/mol. The summed E-state index contributed by atoms with van der Waals surface area (Å²) < 4.78 is 63.4. The largest absolute Gasteiger partial charge is 0.249 e. The Labute approximate surface area is 185 Å². The molecule has 0 saturated heterocycles. The molecule has 1 aromatic heterocycles. The number of benzene rings is 3. The molecule has 3 aromatic carbocycles. The van der Waals surface area contributed by atoms with Crippen LogP contribution in [-0.4, -0.2) is 4.57 Å². The van der Waals surface area contributed by atoms with Gasteiger partial charge >= 0.3 is 33.0 Å². The summed E-state index contributed by atoms with van der Waals surface area (Å²) in [6, 6.07) is 28.2. The molecule has 0 radical (unpaired) electrons. The Hall–Kier alpha value is -3.52. The van der Waals surface area contributed by atoms with Crippen LogP contribution in [0, 0.1) is 0 Å². The molecule has 0 saturated carbocycles. The van der Waals surface area contributed by atoms with Gasteiger partial charge in [0.2, 0.25) is 6.33 Å². The van der Waals surface area contributed by atoms with Crippen LogP contribution >= 0.6 is 7.81 Å². The smallest absolute Gasteiger partial charge is 0.232 e. The fraction of sp³-hybridized carbons (Fsp3) is 0.0455. The van der Waals surface area contributed by atoms with Crippen molar-refractivity contribution in [3.8, 4) is 5.69 Å². The summed E-state index contributed by atoms with van der Waals surface area (Å²) in [5.41, 5.74) is 3.94. The van der Waals surface area contributed by atoms with E-state index in [-0.39, 0.29) is 0 Å². The van der Waals surface area contributed by atoms with Crippen LogP contribution in [0.25, 0.3) is 5.69 Å². The molecule has 11 heteroatoms. The predicted octanol–water partition coefficient (Wildman–Crippen LogP) is 8.61. The number of azo groups is 1. The standard InChI is InChI=1S/C22H19N4.F6P/c1-3-9-19(10-4-1)17-25-15-16-26(18-25)22-14-8-7-13-21(22)24-23-20-11-5-2-6-12-20;1-7(2,3,4,5)6/h1-16,18H,17H2;/q+1;-1. The van der Waals surface area contributed by atoms with Crippen molar-refractivity contribution in [1.82, 2.24) is 4.57 Å². The van der Waals surface area contributed by atoms with Crippen LogP contribution in [0.5, 0.6) is 0 Å². The second-order valence-corrected chi connectivity index (χ2v) is 8.88. The van der Waals surface area contributed by atoms with Gasteiger partial charge in [-0.2, -0.15) is 5.11 Å². The van der Waals surface area contributed by atoms with Gasteiger partial charge in [0.05, 0.1) is 5.69 Å². The number of nitrogens with zero attached hydrogens (tertiary/aromatic N) is 4. The number of para-hydroxylation sites is 1. The molecule has 4 aromatic rings. The van der Waals surface area contributed by atoms with Gasteiger partial charge in [0, 0.05) is 0 Å². The van der Waals surface area contributed by atoms with E-state index in [1.807, 2.05) is 66.9 Å². The third kappa shape index (κ3) is 9.65. The molecule has 0 aliphatic carbocycles. The molecule has 0 spiro atoms. The quantitative estimate of drug-likeness (QED) is 0.118. The maximum absolute atomic E-state index is 10.7. The molecule has 1 heterocycles. The summed E-state index contributed by atoms with van der Waals surface area (Å²) in [7, 11) is -10.7. The summed E-state index contributed by atoms with van der Waals surface area (Å²) >= 11 is 0. The molecule has 0 amide bonds. The zero-order chi connectivity index (χ0) is 24.0. The zero-order valence-corrected chi connectivity index (χ0v) is 17.9. The van der Waals surface area contributed by atoms with Crippen LogP contribution in [0.3, 0.4) is 0 Å². The van der Waals surface area contributed by atoms with Crippen molar-refractivity contribution in [3.63, 3.8) is 0 Å². The molecule has 0 unspecified atom stereocenters. The van der Waals surface area contributed by atoms with Crippen molar-refractivity contribution < 1.29 is 29.7 Å². The maximum Gasteiger partial charge on any atom is 0.249 e. The van der Waals surface area contributed by atoms with E-state index >= 15 is 0 Å². The molecular weight excluding hydrogens is 465 g/mol. The van der Waals surface area contributed by atoms with Gasteiger partial charge in [-0.1, -0.05) is 60.7 Å². The van der Waals surface area contributed by atoms with Crippen LogP contribution in [0.15, 0.2) is 114 Å². The van der Waals surface area contributed by atoms with Gasteiger partial charge in [-0.15, -0.1) is 5.11 Å². The van der Waals surface area contributed by atoms with Gasteiger partial charge < -0.3 is 0 Å². The molecular formula is C22H19F6N4P. The number of hydrogen-bond acceptors (Lipinski definition) is 2. The number of rotatable bonds is 5. The fourth-order valence-corrected chi connectivity index (χ4v) is 2.80. The fourth-order valence-electron chi connectivity index (χ4n) is 2.80.